The standard InChI is InChI=1S/C21H26N2O2/c1-16(2)10-20(14-24)23-13-17-6-5-9-21(11-17)25-15-19-8-4-3-7-18(19)12-22/h3-9,11,16,20,23-24H,10,13-15H2,1-2H3. The Balaban J connectivity index is 1.93. The number of hydrogen-bond donors (Lipinski definition) is 2. The molecule has 0 fully saturated rings. The first-order chi connectivity index (χ1) is 12.1. The molecule has 1 atom stereocenters. The van der Waals surface area contributed by atoms with Gasteiger partial charge >= 0.3 is 0 Å². The Morgan fingerprint density at radius 1 is 1.16 bits per heavy atom. The number of benzene rings is 2. The minimum atomic E-state index is 0.104. The predicted octanol–water partition coefficient (Wildman–Crippen LogP) is 3.63. The highest BCUT2D eigenvalue weighted by molar-refractivity contribution is 5.37. The SMILES string of the molecule is CC(C)CC(CO)NCc1cccc(OCc2ccccc2C#N)c1. The summed E-state index contributed by atoms with van der Waals surface area (Å²) in [7, 11) is 0. The maximum absolute atomic E-state index is 9.45. The molecule has 2 aromatic carbocycles. The number of ether oxygens (including phenoxy) is 1. The number of aliphatic hydroxyl groups is 1. The van der Waals surface area contributed by atoms with E-state index in [-0.39, 0.29) is 12.6 Å². The van der Waals surface area contributed by atoms with Crippen molar-refractivity contribution in [2.75, 3.05) is 6.61 Å². The molecule has 0 aromatic heterocycles. The quantitative estimate of drug-likeness (QED) is 0.733. The highest BCUT2D eigenvalue weighted by Crippen LogP contribution is 2.17. The van der Waals surface area contributed by atoms with E-state index in [2.05, 4.69) is 25.2 Å². The van der Waals surface area contributed by atoms with E-state index in [0.29, 0.717) is 24.6 Å². The third-order valence-electron chi connectivity index (χ3n) is 4.00. The molecule has 4 heteroatoms. The molecule has 2 aromatic rings. The molecule has 0 aliphatic carbocycles. The molecule has 132 valence electrons. The third-order valence-corrected chi connectivity index (χ3v) is 4.00. The fourth-order valence-corrected chi connectivity index (χ4v) is 2.72. The summed E-state index contributed by atoms with van der Waals surface area (Å²) in [6.45, 7) is 5.49. The van der Waals surface area contributed by atoms with Crippen LogP contribution in [0.4, 0.5) is 0 Å². The second-order valence-corrected chi connectivity index (χ2v) is 6.59. The van der Waals surface area contributed by atoms with Gasteiger partial charge in [-0.3, -0.25) is 0 Å². The summed E-state index contributed by atoms with van der Waals surface area (Å²) in [6, 6.07) is 17.6. The molecule has 2 N–H and O–H groups in total. The molecule has 25 heavy (non-hydrogen) atoms. The lowest BCUT2D eigenvalue weighted by Gasteiger charge is -2.18. The van der Waals surface area contributed by atoms with Gasteiger partial charge in [0.1, 0.15) is 12.4 Å². The van der Waals surface area contributed by atoms with Gasteiger partial charge in [-0.2, -0.15) is 5.26 Å². The molecule has 0 amide bonds. The Labute approximate surface area is 150 Å². The minimum Gasteiger partial charge on any atom is -0.489 e. The van der Waals surface area contributed by atoms with E-state index in [0.717, 1.165) is 23.3 Å². The van der Waals surface area contributed by atoms with Crippen LogP contribution < -0.4 is 10.1 Å². The average molecular weight is 338 g/mol. The van der Waals surface area contributed by atoms with E-state index in [1.54, 1.807) is 6.07 Å². The third kappa shape index (κ3) is 6.22. The molecule has 4 nitrogen and oxygen atoms in total. The van der Waals surface area contributed by atoms with Gasteiger partial charge in [-0.15, -0.1) is 0 Å². The molecule has 0 aliphatic heterocycles. The van der Waals surface area contributed by atoms with Crippen LogP contribution in [0.3, 0.4) is 0 Å². The second kappa shape index (κ2) is 9.83. The number of nitrogens with one attached hydrogen (secondary N) is 1. The topological polar surface area (TPSA) is 65.3 Å². The normalized spacial score (nSPS) is 12.0. The van der Waals surface area contributed by atoms with Gasteiger partial charge in [0.25, 0.3) is 0 Å². The molecule has 0 bridgehead atoms. The van der Waals surface area contributed by atoms with Crippen LogP contribution in [0.2, 0.25) is 0 Å². The van der Waals surface area contributed by atoms with Crippen LogP contribution >= 0.6 is 0 Å². The van der Waals surface area contributed by atoms with Gasteiger partial charge in [-0.1, -0.05) is 44.2 Å². The van der Waals surface area contributed by atoms with Crippen LogP contribution in [0, 0.1) is 17.2 Å². The van der Waals surface area contributed by atoms with E-state index in [4.69, 9.17) is 10.00 Å². The first-order valence-corrected chi connectivity index (χ1v) is 8.66. The van der Waals surface area contributed by atoms with Crippen molar-refractivity contribution in [3.63, 3.8) is 0 Å². The Kier molecular flexibility index (Phi) is 7.46. The highest BCUT2D eigenvalue weighted by Gasteiger charge is 2.09. The zero-order valence-electron chi connectivity index (χ0n) is 14.9. The second-order valence-electron chi connectivity index (χ2n) is 6.59. The van der Waals surface area contributed by atoms with Gasteiger partial charge < -0.3 is 15.2 Å². The Morgan fingerprint density at radius 3 is 2.68 bits per heavy atom. The zero-order valence-corrected chi connectivity index (χ0v) is 14.9. The summed E-state index contributed by atoms with van der Waals surface area (Å²) in [5, 5.41) is 22.0. The van der Waals surface area contributed by atoms with Crippen molar-refractivity contribution in [3.05, 3.63) is 65.2 Å². The molecule has 0 saturated carbocycles. The van der Waals surface area contributed by atoms with E-state index in [1.807, 2.05) is 42.5 Å². The number of hydrogen-bond acceptors (Lipinski definition) is 4. The number of aliphatic hydroxyl groups excluding tert-OH is 1. The van der Waals surface area contributed by atoms with E-state index < -0.39 is 0 Å². The number of rotatable bonds is 9. The Hall–Kier alpha value is -2.35. The summed E-state index contributed by atoms with van der Waals surface area (Å²) < 4.78 is 5.84. The highest BCUT2D eigenvalue weighted by atomic mass is 16.5. The molecule has 0 radical (unpaired) electrons. The van der Waals surface area contributed by atoms with Crippen molar-refractivity contribution in [3.8, 4) is 11.8 Å². The first kappa shape index (κ1) is 19.0. The summed E-state index contributed by atoms with van der Waals surface area (Å²) in [6.07, 6.45) is 0.942. The van der Waals surface area contributed by atoms with Crippen LogP contribution in [0.15, 0.2) is 48.5 Å². The molecule has 0 spiro atoms. The Bertz CT molecular complexity index is 707. The molecule has 2 rings (SSSR count). The smallest absolute Gasteiger partial charge is 0.120 e. The van der Waals surface area contributed by atoms with Gasteiger partial charge in [-0.05, 0) is 36.1 Å². The minimum absolute atomic E-state index is 0.104. The van der Waals surface area contributed by atoms with Crippen molar-refractivity contribution in [2.45, 2.75) is 39.5 Å². The van der Waals surface area contributed by atoms with Crippen LogP contribution in [0.25, 0.3) is 0 Å². The fourth-order valence-electron chi connectivity index (χ4n) is 2.72. The molecular formula is C21H26N2O2. The van der Waals surface area contributed by atoms with Gasteiger partial charge in [0, 0.05) is 18.2 Å². The van der Waals surface area contributed by atoms with Crippen molar-refractivity contribution < 1.29 is 9.84 Å². The largest absolute Gasteiger partial charge is 0.489 e. The summed E-state index contributed by atoms with van der Waals surface area (Å²) >= 11 is 0. The molecular weight excluding hydrogens is 312 g/mol. The maximum atomic E-state index is 9.45. The average Bonchev–Trinajstić information content (AvgIpc) is 2.63. The van der Waals surface area contributed by atoms with E-state index in [1.165, 1.54) is 0 Å². The predicted molar refractivity (Wildman–Crippen MR) is 99.1 cm³/mol. The summed E-state index contributed by atoms with van der Waals surface area (Å²) in [5.41, 5.74) is 2.62. The number of nitrogens with zero attached hydrogens (tertiary/aromatic N) is 1. The Morgan fingerprint density at radius 2 is 1.96 bits per heavy atom. The summed E-state index contributed by atoms with van der Waals surface area (Å²) in [5.74, 6) is 1.32. The maximum Gasteiger partial charge on any atom is 0.120 e. The molecule has 1 unspecified atom stereocenters. The van der Waals surface area contributed by atoms with Crippen LogP contribution in [-0.4, -0.2) is 17.8 Å². The van der Waals surface area contributed by atoms with Crippen molar-refractivity contribution in [1.29, 1.82) is 5.26 Å². The van der Waals surface area contributed by atoms with Crippen molar-refractivity contribution >= 4 is 0 Å². The van der Waals surface area contributed by atoms with Crippen molar-refractivity contribution in [1.82, 2.24) is 5.32 Å². The van der Waals surface area contributed by atoms with E-state index in [9.17, 15) is 5.11 Å². The first-order valence-electron chi connectivity index (χ1n) is 8.66. The number of nitriles is 1. The van der Waals surface area contributed by atoms with Gasteiger partial charge in [0.2, 0.25) is 0 Å². The molecule has 0 aliphatic rings. The lowest BCUT2D eigenvalue weighted by Crippen LogP contribution is -2.33. The van der Waals surface area contributed by atoms with Crippen molar-refractivity contribution in [2.24, 2.45) is 5.92 Å². The monoisotopic (exact) mass is 338 g/mol. The van der Waals surface area contributed by atoms with E-state index >= 15 is 0 Å². The fraction of sp³-hybridized carbons (Fsp3) is 0.381. The summed E-state index contributed by atoms with van der Waals surface area (Å²) in [4.78, 5) is 0. The van der Waals surface area contributed by atoms with Gasteiger partial charge in [0.15, 0.2) is 0 Å². The van der Waals surface area contributed by atoms with Crippen LogP contribution in [0.1, 0.15) is 37.0 Å². The molecule has 0 saturated heterocycles. The lowest BCUT2D eigenvalue weighted by atomic mass is 10.0. The van der Waals surface area contributed by atoms with Crippen LogP contribution in [-0.2, 0) is 13.2 Å². The van der Waals surface area contributed by atoms with Gasteiger partial charge in [0.05, 0.1) is 18.2 Å². The molecule has 0 heterocycles. The van der Waals surface area contributed by atoms with Gasteiger partial charge in [-0.25, -0.2) is 0 Å². The lowest BCUT2D eigenvalue weighted by molar-refractivity contribution is 0.223. The van der Waals surface area contributed by atoms with Crippen LogP contribution in [0.5, 0.6) is 5.75 Å². The zero-order chi connectivity index (χ0) is 18.1.